The van der Waals surface area contributed by atoms with Gasteiger partial charge >= 0.3 is 11.9 Å². The lowest BCUT2D eigenvalue weighted by atomic mass is 9.99. The molecule has 2 aromatic carbocycles. The van der Waals surface area contributed by atoms with Gasteiger partial charge in [-0.2, -0.15) is 0 Å². The van der Waals surface area contributed by atoms with E-state index in [0.29, 0.717) is 0 Å². The molecule has 0 amide bonds. The van der Waals surface area contributed by atoms with Crippen LogP contribution in [0.3, 0.4) is 0 Å². The van der Waals surface area contributed by atoms with Gasteiger partial charge in [-0.15, -0.1) is 0 Å². The molecule has 13 nitrogen and oxygen atoms in total. The average Bonchev–Trinajstić information content (AvgIpc) is 2.84. The molecule has 1 aliphatic rings. The molecule has 4 rings (SSSR count). The van der Waals surface area contributed by atoms with Crippen molar-refractivity contribution < 1.29 is 58.9 Å². The molecule has 1 saturated heterocycles. The number of hydrogen-bond donors (Lipinski definition) is 6. The lowest BCUT2D eigenvalue weighted by Gasteiger charge is -2.39. The third kappa shape index (κ3) is 5.34. The van der Waals surface area contributed by atoms with Crippen LogP contribution >= 0.6 is 0 Å². The van der Waals surface area contributed by atoms with Crippen molar-refractivity contribution in [2.45, 2.75) is 37.1 Å². The number of aliphatic carboxylic acids is 1. The molecular formula is C24H22O13. The number of ether oxygens (including phenoxy) is 3. The van der Waals surface area contributed by atoms with Crippen LogP contribution in [0.5, 0.6) is 17.2 Å². The summed E-state index contributed by atoms with van der Waals surface area (Å²) in [7, 11) is 0. The summed E-state index contributed by atoms with van der Waals surface area (Å²) in [5, 5.41) is 59.6. The number of fused-ring (bicyclic) bond motifs is 1. The lowest BCUT2D eigenvalue weighted by molar-refractivity contribution is -0.278. The van der Waals surface area contributed by atoms with Gasteiger partial charge in [-0.1, -0.05) is 18.2 Å². The Morgan fingerprint density at radius 2 is 1.68 bits per heavy atom. The van der Waals surface area contributed by atoms with Crippen LogP contribution in [0.4, 0.5) is 0 Å². The fourth-order valence-corrected chi connectivity index (χ4v) is 3.80. The van der Waals surface area contributed by atoms with Crippen molar-refractivity contribution in [3.8, 4) is 28.4 Å². The van der Waals surface area contributed by atoms with Crippen LogP contribution in [0.1, 0.15) is 6.42 Å². The number of esters is 1. The van der Waals surface area contributed by atoms with Gasteiger partial charge in [0.05, 0.1) is 5.56 Å². The summed E-state index contributed by atoms with van der Waals surface area (Å²) in [6.45, 7) is -0.649. The van der Waals surface area contributed by atoms with Crippen LogP contribution in [0.25, 0.3) is 22.1 Å². The second-order valence-electron chi connectivity index (χ2n) is 8.20. The van der Waals surface area contributed by atoms with E-state index in [9.17, 15) is 39.9 Å². The van der Waals surface area contributed by atoms with Gasteiger partial charge in [0.2, 0.25) is 11.7 Å². The monoisotopic (exact) mass is 518 g/mol. The van der Waals surface area contributed by atoms with Crippen LogP contribution in [-0.2, 0) is 19.1 Å². The minimum Gasteiger partial charge on any atom is -0.507 e. The maximum Gasteiger partial charge on any atom is 0.317 e. The van der Waals surface area contributed by atoms with Crippen LogP contribution in [0.15, 0.2) is 51.9 Å². The molecule has 0 radical (unpaired) electrons. The molecule has 2 heterocycles. The maximum absolute atomic E-state index is 13.0. The molecular weight excluding hydrogens is 496 g/mol. The smallest absolute Gasteiger partial charge is 0.317 e. The summed E-state index contributed by atoms with van der Waals surface area (Å²) in [5.41, 5.74) is -0.552. The number of phenolic OH excluding ortho intramolecular Hbond substituents is 2. The topological polar surface area (TPSA) is 213 Å². The highest BCUT2D eigenvalue weighted by Crippen LogP contribution is 2.34. The van der Waals surface area contributed by atoms with Crippen molar-refractivity contribution in [3.63, 3.8) is 0 Å². The van der Waals surface area contributed by atoms with Gasteiger partial charge in [-0.05, 0) is 6.07 Å². The summed E-state index contributed by atoms with van der Waals surface area (Å²) >= 11 is 0. The van der Waals surface area contributed by atoms with E-state index in [0.717, 1.165) is 12.3 Å². The van der Waals surface area contributed by atoms with Crippen LogP contribution < -0.4 is 10.2 Å². The number of carbonyl (C=O) groups is 2. The first kappa shape index (κ1) is 25.9. The Bertz CT molecular complexity index is 1380. The van der Waals surface area contributed by atoms with Gasteiger partial charge in [-0.3, -0.25) is 14.4 Å². The molecule has 1 fully saturated rings. The predicted octanol–water partition coefficient (Wildman–Crippen LogP) is 0.0755. The number of carboxylic acid groups (broad SMARTS) is 1. The molecule has 6 N–H and O–H groups in total. The Morgan fingerprint density at radius 1 is 0.946 bits per heavy atom. The van der Waals surface area contributed by atoms with Crippen molar-refractivity contribution in [1.82, 2.24) is 0 Å². The van der Waals surface area contributed by atoms with Crippen LogP contribution in [-0.4, -0.2) is 79.9 Å². The third-order valence-corrected chi connectivity index (χ3v) is 5.65. The zero-order valence-corrected chi connectivity index (χ0v) is 18.9. The SMILES string of the molecule is O=C(O)CC(=O)OC[C@H]1O[C@@H](Oc2cc(O)c3c(=O)c(-c4ccccc4O)coc3c2)[C@H](O)[C@@H](O)[C@@H]1O. The normalized spacial score (nSPS) is 23.5. The first-order valence-electron chi connectivity index (χ1n) is 10.9. The van der Waals surface area contributed by atoms with E-state index in [1.54, 1.807) is 12.1 Å². The minimum absolute atomic E-state index is 0.00185. The van der Waals surface area contributed by atoms with E-state index in [1.807, 2.05) is 0 Å². The van der Waals surface area contributed by atoms with Crippen LogP contribution in [0.2, 0.25) is 0 Å². The van der Waals surface area contributed by atoms with Crippen molar-refractivity contribution in [2.24, 2.45) is 0 Å². The zero-order chi connectivity index (χ0) is 26.9. The van der Waals surface area contributed by atoms with E-state index in [2.05, 4.69) is 0 Å². The Kier molecular flexibility index (Phi) is 7.31. The second-order valence-corrected chi connectivity index (χ2v) is 8.20. The van der Waals surface area contributed by atoms with E-state index >= 15 is 0 Å². The zero-order valence-electron chi connectivity index (χ0n) is 18.9. The summed E-state index contributed by atoms with van der Waals surface area (Å²) in [4.78, 5) is 35.1. The first-order chi connectivity index (χ1) is 17.6. The van der Waals surface area contributed by atoms with Gasteiger partial charge in [-0.25, -0.2) is 0 Å². The Labute approximate surface area is 207 Å². The molecule has 0 aliphatic carbocycles. The highest BCUT2D eigenvalue weighted by molar-refractivity contribution is 5.90. The number of rotatable bonds is 7. The average molecular weight is 518 g/mol. The molecule has 0 spiro atoms. The van der Waals surface area contributed by atoms with E-state index < -0.39 is 66.9 Å². The van der Waals surface area contributed by atoms with Gasteiger partial charge in [0.25, 0.3) is 0 Å². The molecule has 1 aliphatic heterocycles. The van der Waals surface area contributed by atoms with Gasteiger partial charge in [0.1, 0.15) is 71.9 Å². The predicted molar refractivity (Wildman–Crippen MR) is 122 cm³/mol. The van der Waals surface area contributed by atoms with Crippen molar-refractivity contribution in [3.05, 3.63) is 52.9 Å². The van der Waals surface area contributed by atoms with Gasteiger partial charge in [0.15, 0.2) is 0 Å². The number of aliphatic hydroxyl groups is 3. The molecule has 1 aromatic heterocycles. The lowest BCUT2D eigenvalue weighted by Crippen LogP contribution is -2.60. The molecule has 3 aromatic rings. The molecule has 0 bridgehead atoms. The number of carboxylic acids is 1. The number of carbonyl (C=O) groups excluding carboxylic acids is 1. The summed E-state index contributed by atoms with van der Waals surface area (Å²) in [6.07, 6.45) is -8.15. The Morgan fingerprint density at radius 3 is 2.38 bits per heavy atom. The van der Waals surface area contributed by atoms with Crippen LogP contribution in [0, 0.1) is 0 Å². The quantitative estimate of drug-likeness (QED) is 0.181. The minimum atomic E-state index is -1.80. The Hall–Kier alpha value is -4.17. The third-order valence-electron chi connectivity index (χ3n) is 5.65. The van der Waals surface area contributed by atoms with E-state index in [-0.39, 0.29) is 33.6 Å². The second kappa shape index (κ2) is 10.4. The van der Waals surface area contributed by atoms with Gasteiger partial charge < -0.3 is 49.3 Å². The molecule has 13 heteroatoms. The molecule has 37 heavy (non-hydrogen) atoms. The fourth-order valence-electron chi connectivity index (χ4n) is 3.80. The Balaban J connectivity index is 1.57. The number of hydrogen-bond acceptors (Lipinski definition) is 12. The van der Waals surface area contributed by atoms with E-state index in [4.69, 9.17) is 23.7 Å². The van der Waals surface area contributed by atoms with Crippen molar-refractivity contribution in [2.75, 3.05) is 6.61 Å². The molecule has 196 valence electrons. The molecule has 0 saturated carbocycles. The fraction of sp³-hybridized carbons (Fsp3) is 0.292. The number of aliphatic hydroxyl groups excluding tert-OH is 3. The molecule has 0 unspecified atom stereocenters. The van der Waals surface area contributed by atoms with Crippen molar-refractivity contribution >= 4 is 22.9 Å². The summed E-state index contributed by atoms with van der Waals surface area (Å²) in [5.74, 6) is -3.41. The highest BCUT2D eigenvalue weighted by atomic mass is 16.7. The number of benzene rings is 2. The summed E-state index contributed by atoms with van der Waals surface area (Å²) in [6, 6.07) is 8.31. The largest absolute Gasteiger partial charge is 0.507 e. The number of phenols is 2. The first-order valence-corrected chi connectivity index (χ1v) is 10.9. The van der Waals surface area contributed by atoms with E-state index in [1.165, 1.54) is 18.2 Å². The highest BCUT2D eigenvalue weighted by Gasteiger charge is 2.45. The van der Waals surface area contributed by atoms with Gasteiger partial charge in [0, 0.05) is 17.7 Å². The number of para-hydroxylation sites is 1. The summed E-state index contributed by atoms with van der Waals surface area (Å²) < 4.78 is 21.1. The van der Waals surface area contributed by atoms with Crippen molar-refractivity contribution in [1.29, 1.82) is 0 Å². The number of aromatic hydroxyl groups is 2. The maximum atomic E-state index is 13.0. The molecule has 5 atom stereocenters. The standard InChI is InChI=1S/C24H22O13/c25-13-4-2-1-3-11(13)12-8-34-15-6-10(5-14(26)19(15)20(12)30)36-24-23(33)22(32)21(31)16(37-24)9-35-18(29)7-17(27)28/h1-6,8,16,21-26,31-33H,7,9H2,(H,27,28)/t16-,21-,22+,23-,24-/m1/s1.